The van der Waals surface area contributed by atoms with E-state index in [0.29, 0.717) is 38.2 Å². The number of aromatic nitrogens is 1. The van der Waals surface area contributed by atoms with Gasteiger partial charge < -0.3 is 29.8 Å². The zero-order valence-corrected chi connectivity index (χ0v) is 23.3. The van der Waals surface area contributed by atoms with Gasteiger partial charge >= 0.3 is 5.97 Å². The minimum Gasteiger partial charge on any atom is -0.457 e. The molecule has 1 aromatic rings. The standard InChI is InChI=1S/C29H40N4O6/c1-18(2)27-20(4)10-11-25(35)31-12-6-8-19(3)14-22(34)15-21(30-5)16-26-32-23(17-38-26)28(36)33-13-7-9-24(33)29(37)39-27/h6,8-11,14,17-18,20-22,27,30,34H,7,12-13,15-16H2,1-5H3,(H,31,35)/b8-6+,11-10+,19-14+/t20-,21+,22-,27?/m1/s1. The molecule has 3 rings (SSSR count). The number of aliphatic hydroxyl groups excluding tert-OH is 1. The molecule has 1 unspecified atom stereocenters. The number of esters is 1. The van der Waals surface area contributed by atoms with Crippen molar-refractivity contribution in [3.63, 3.8) is 0 Å². The van der Waals surface area contributed by atoms with Crippen molar-refractivity contribution < 1.29 is 28.6 Å². The number of hydrogen-bond acceptors (Lipinski definition) is 8. The molecule has 2 aliphatic heterocycles. The van der Waals surface area contributed by atoms with Gasteiger partial charge in [-0.2, -0.15) is 0 Å². The van der Waals surface area contributed by atoms with E-state index in [1.165, 1.54) is 17.2 Å². The van der Waals surface area contributed by atoms with E-state index in [1.807, 2.05) is 39.8 Å². The SMILES string of the molecule is CN[C@@H]1Cc2nc(co2)C(=O)N2CCC=C2C(=O)OC(C(C)C)[C@H](C)/C=C/C(=O)NC/C=C/C(C)=C/[C@@H](O)C1. The van der Waals surface area contributed by atoms with Crippen LogP contribution >= 0.6 is 0 Å². The summed E-state index contributed by atoms with van der Waals surface area (Å²) in [6, 6.07) is -0.158. The third-order valence-corrected chi connectivity index (χ3v) is 6.76. The second kappa shape index (κ2) is 14.0. The number of likely N-dealkylation sites (N-methyl/N-ethyl adjacent to an activating group) is 1. The molecule has 39 heavy (non-hydrogen) atoms. The topological polar surface area (TPSA) is 134 Å². The normalized spacial score (nSPS) is 29.1. The van der Waals surface area contributed by atoms with Crippen LogP contribution in [0, 0.1) is 11.8 Å². The van der Waals surface area contributed by atoms with Crippen LogP contribution in [-0.4, -0.2) is 71.2 Å². The molecule has 0 radical (unpaired) electrons. The molecular formula is C29H40N4O6. The minimum atomic E-state index is -0.721. The lowest BCUT2D eigenvalue weighted by Gasteiger charge is -2.27. The van der Waals surface area contributed by atoms with Gasteiger partial charge in [0.15, 0.2) is 11.6 Å². The van der Waals surface area contributed by atoms with E-state index in [2.05, 4.69) is 15.6 Å². The molecule has 3 N–H and O–H groups in total. The minimum absolute atomic E-state index is 0.0245. The van der Waals surface area contributed by atoms with E-state index in [1.54, 1.807) is 25.3 Å². The van der Waals surface area contributed by atoms with Crippen LogP contribution < -0.4 is 10.6 Å². The number of cyclic esters (lactones) is 1. The highest BCUT2D eigenvalue weighted by Crippen LogP contribution is 2.24. The first-order valence-electron chi connectivity index (χ1n) is 13.4. The highest BCUT2D eigenvalue weighted by Gasteiger charge is 2.33. The summed E-state index contributed by atoms with van der Waals surface area (Å²) in [6.07, 6.45) is 11.6. The number of hydrogen-bond donors (Lipinski definition) is 3. The average Bonchev–Trinajstić information content (AvgIpc) is 3.57. The van der Waals surface area contributed by atoms with Gasteiger partial charge in [0.1, 0.15) is 18.1 Å². The Morgan fingerprint density at radius 3 is 2.72 bits per heavy atom. The third-order valence-electron chi connectivity index (χ3n) is 6.76. The predicted octanol–water partition coefficient (Wildman–Crippen LogP) is 2.68. The fourth-order valence-electron chi connectivity index (χ4n) is 4.69. The maximum atomic E-state index is 13.3. The zero-order chi connectivity index (χ0) is 28.5. The number of fused-ring (bicyclic) bond motifs is 3. The second-order valence-corrected chi connectivity index (χ2v) is 10.3. The fraction of sp³-hybridized carbons (Fsp3) is 0.517. The van der Waals surface area contributed by atoms with Gasteiger partial charge in [-0.05, 0) is 38.8 Å². The molecule has 3 heterocycles. The number of allylic oxidation sites excluding steroid dienone is 2. The summed E-state index contributed by atoms with van der Waals surface area (Å²) in [5.41, 5.74) is 1.13. The largest absolute Gasteiger partial charge is 0.457 e. The van der Waals surface area contributed by atoms with Crippen molar-refractivity contribution in [3.05, 3.63) is 65.6 Å². The molecule has 1 aromatic heterocycles. The third kappa shape index (κ3) is 8.49. The molecule has 10 nitrogen and oxygen atoms in total. The Morgan fingerprint density at radius 1 is 1.23 bits per heavy atom. The first-order chi connectivity index (χ1) is 18.6. The van der Waals surface area contributed by atoms with Gasteiger partial charge in [-0.3, -0.25) is 9.59 Å². The van der Waals surface area contributed by atoms with Crippen molar-refractivity contribution in [3.8, 4) is 0 Å². The Hall–Kier alpha value is -3.50. The highest BCUT2D eigenvalue weighted by atomic mass is 16.5. The molecule has 10 heteroatoms. The summed E-state index contributed by atoms with van der Waals surface area (Å²) in [5.74, 6) is -1.21. The molecule has 0 saturated carbocycles. The number of aliphatic hydroxyl groups is 1. The van der Waals surface area contributed by atoms with Crippen LogP contribution in [0.5, 0.6) is 0 Å². The fourth-order valence-corrected chi connectivity index (χ4v) is 4.69. The molecular weight excluding hydrogens is 500 g/mol. The van der Waals surface area contributed by atoms with Crippen molar-refractivity contribution >= 4 is 17.8 Å². The van der Waals surface area contributed by atoms with E-state index in [-0.39, 0.29) is 35.2 Å². The number of rotatable bonds is 2. The van der Waals surface area contributed by atoms with Crippen molar-refractivity contribution in [2.45, 2.75) is 65.2 Å². The number of carbonyl (C=O) groups excluding carboxylic acids is 3. The quantitative estimate of drug-likeness (QED) is 0.488. The van der Waals surface area contributed by atoms with E-state index in [0.717, 1.165) is 5.57 Å². The van der Waals surface area contributed by atoms with Crippen LogP contribution in [0.3, 0.4) is 0 Å². The smallest absolute Gasteiger partial charge is 0.355 e. The number of amides is 2. The summed E-state index contributed by atoms with van der Waals surface area (Å²) < 4.78 is 11.4. The molecule has 0 saturated heterocycles. The van der Waals surface area contributed by atoms with Crippen LogP contribution in [0.1, 0.15) is 56.9 Å². The Kier molecular flexibility index (Phi) is 10.8. The van der Waals surface area contributed by atoms with Gasteiger partial charge in [0.2, 0.25) is 5.91 Å². The van der Waals surface area contributed by atoms with Crippen molar-refractivity contribution in [1.82, 2.24) is 20.5 Å². The molecule has 0 fully saturated rings. The van der Waals surface area contributed by atoms with Gasteiger partial charge in [-0.15, -0.1) is 0 Å². The molecule has 0 spiro atoms. The summed E-state index contributed by atoms with van der Waals surface area (Å²) in [4.78, 5) is 44.5. The van der Waals surface area contributed by atoms with Crippen LogP contribution in [0.4, 0.5) is 0 Å². The van der Waals surface area contributed by atoms with E-state index >= 15 is 0 Å². The zero-order valence-electron chi connectivity index (χ0n) is 23.3. The Balaban J connectivity index is 1.88. The monoisotopic (exact) mass is 540 g/mol. The molecule has 2 bridgehead atoms. The Bertz CT molecular complexity index is 1150. The molecule has 212 valence electrons. The molecule has 4 atom stereocenters. The molecule has 2 aliphatic rings. The van der Waals surface area contributed by atoms with Crippen LogP contribution in [0.25, 0.3) is 0 Å². The summed E-state index contributed by atoms with van der Waals surface area (Å²) >= 11 is 0. The van der Waals surface area contributed by atoms with Crippen LogP contribution in [-0.2, 0) is 20.7 Å². The molecule has 2 amide bonds. The number of oxazole rings is 1. The second-order valence-electron chi connectivity index (χ2n) is 10.3. The van der Waals surface area contributed by atoms with E-state index in [4.69, 9.17) is 9.15 Å². The Morgan fingerprint density at radius 2 is 2.00 bits per heavy atom. The predicted molar refractivity (Wildman–Crippen MR) is 146 cm³/mol. The highest BCUT2D eigenvalue weighted by molar-refractivity contribution is 6.00. The average molecular weight is 541 g/mol. The lowest BCUT2D eigenvalue weighted by Crippen LogP contribution is -2.36. The lowest BCUT2D eigenvalue weighted by molar-refractivity contribution is -0.149. The van der Waals surface area contributed by atoms with Crippen molar-refractivity contribution in [2.75, 3.05) is 20.1 Å². The summed E-state index contributed by atoms with van der Waals surface area (Å²) in [6.45, 7) is 8.29. The number of ether oxygens (including phenoxy) is 1. The van der Waals surface area contributed by atoms with Gasteiger partial charge in [0.25, 0.3) is 5.91 Å². The first kappa shape index (κ1) is 30.0. The molecule has 0 aromatic carbocycles. The first-order valence-corrected chi connectivity index (χ1v) is 13.4. The van der Waals surface area contributed by atoms with Crippen molar-refractivity contribution in [1.29, 1.82) is 0 Å². The van der Waals surface area contributed by atoms with E-state index < -0.39 is 24.1 Å². The van der Waals surface area contributed by atoms with E-state index in [9.17, 15) is 19.5 Å². The maximum Gasteiger partial charge on any atom is 0.355 e. The Labute approximate surface area is 229 Å². The summed E-state index contributed by atoms with van der Waals surface area (Å²) in [7, 11) is 1.78. The number of nitrogens with zero attached hydrogens (tertiary/aromatic N) is 2. The van der Waals surface area contributed by atoms with Crippen LogP contribution in [0.2, 0.25) is 0 Å². The van der Waals surface area contributed by atoms with Crippen LogP contribution in [0.15, 0.2) is 58.4 Å². The van der Waals surface area contributed by atoms with Crippen molar-refractivity contribution in [2.24, 2.45) is 11.8 Å². The summed E-state index contributed by atoms with van der Waals surface area (Å²) in [5, 5.41) is 16.5. The van der Waals surface area contributed by atoms with Gasteiger partial charge in [-0.25, -0.2) is 9.78 Å². The lowest BCUT2D eigenvalue weighted by atomic mass is 9.94. The van der Waals surface area contributed by atoms with Gasteiger partial charge in [-0.1, -0.05) is 56.7 Å². The number of nitrogens with one attached hydrogen (secondary N) is 2. The maximum absolute atomic E-state index is 13.3. The molecule has 0 aliphatic carbocycles. The van der Waals surface area contributed by atoms with Gasteiger partial charge in [0, 0.05) is 31.5 Å². The van der Waals surface area contributed by atoms with Gasteiger partial charge in [0.05, 0.1) is 6.10 Å². The number of carbonyl (C=O) groups is 3.